The van der Waals surface area contributed by atoms with Crippen LogP contribution in [0.15, 0.2) is 52.7 Å². The fourth-order valence-electron chi connectivity index (χ4n) is 1.90. The number of pyridine rings is 1. The molecule has 5 nitrogen and oxygen atoms in total. The number of H-pyrrole nitrogens is 1. The highest BCUT2D eigenvalue weighted by Gasteiger charge is 2.00. The second kappa shape index (κ2) is 4.81. The number of nitrogens with one attached hydrogen (secondary N) is 1. The molecule has 1 aliphatic rings. The van der Waals surface area contributed by atoms with Gasteiger partial charge in [0.1, 0.15) is 0 Å². The highest BCUT2D eigenvalue weighted by molar-refractivity contribution is 6.25. The number of urea groups is 1. The molecular formula is C14H10N4O. The van der Waals surface area contributed by atoms with E-state index in [-0.39, 0.29) is 0 Å². The summed E-state index contributed by atoms with van der Waals surface area (Å²) < 4.78 is 0. The highest BCUT2D eigenvalue weighted by atomic mass is 16.2. The minimum atomic E-state index is -0.407. The van der Waals surface area contributed by atoms with Gasteiger partial charge in [-0.25, -0.2) is 4.79 Å². The van der Waals surface area contributed by atoms with Gasteiger partial charge >= 0.3 is 6.03 Å². The van der Waals surface area contributed by atoms with Crippen LogP contribution >= 0.6 is 0 Å². The number of aliphatic imine (C=N–C) groups is 2. The van der Waals surface area contributed by atoms with E-state index in [2.05, 4.69) is 38.2 Å². The number of benzene rings is 1. The molecule has 3 aromatic rings. The van der Waals surface area contributed by atoms with Crippen molar-refractivity contribution in [1.29, 1.82) is 0 Å². The molecule has 0 saturated heterocycles. The third-order valence-electron chi connectivity index (χ3n) is 2.74. The van der Waals surface area contributed by atoms with Gasteiger partial charge in [0.2, 0.25) is 0 Å². The summed E-state index contributed by atoms with van der Waals surface area (Å²) in [6.45, 7) is 0. The minimum Gasteiger partial charge on any atom is -0.361 e. The number of amides is 2. The van der Waals surface area contributed by atoms with Gasteiger partial charge in [0.25, 0.3) is 0 Å². The van der Waals surface area contributed by atoms with Gasteiger partial charge in [-0.1, -0.05) is 6.07 Å². The number of fused-ring (bicyclic) bond motifs is 3. The van der Waals surface area contributed by atoms with E-state index in [0.29, 0.717) is 0 Å². The number of carbonyl (C=O) groups is 1. The molecule has 1 aliphatic heterocycles. The van der Waals surface area contributed by atoms with Crippen LogP contribution in [0.5, 0.6) is 0 Å². The van der Waals surface area contributed by atoms with E-state index < -0.39 is 6.03 Å². The summed E-state index contributed by atoms with van der Waals surface area (Å²) in [5.41, 5.74) is 2.21. The Hall–Kier alpha value is -2.82. The van der Waals surface area contributed by atoms with E-state index >= 15 is 0 Å². The molecule has 92 valence electrons. The maximum Gasteiger partial charge on any atom is 0.367 e. The van der Waals surface area contributed by atoms with Crippen LogP contribution in [0.2, 0.25) is 0 Å². The molecule has 0 spiro atoms. The van der Waals surface area contributed by atoms with Gasteiger partial charge in [-0.2, -0.15) is 9.98 Å². The fourth-order valence-corrected chi connectivity index (χ4v) is 1.90. The van der Waals surface area contributed by atoms with E-state index in [9.17, 15) is 4.79 Å². The zero-order valence-electron chi connectivity index (χ0n) is 9.95. The number of hydrogen-bond donors (Lipinski definition) is 1. The molecule has 0 radical (unpaired) electrons. The molecule has 0 bridgehead atoms. The smallest absolute Gasteiger partial charge is 0.361 e. The van der Waals surface area contributed by atoms with E-state index in [0.717, 1.165) is 11.0 Å². The van der Waals surface area contributed by atoms with Crippen LogP contribution in [0.1, 0.15) is 0 Å². The van der Waals surface area contributed by atoms with Crippen molar-refractivity contribution in [3.8, 4) is 0 Å². The Morgan fingerprint density at radius 2 is 1.84 bits per heavy atom. The third-order valence-corrected chi connectivity index (χ3v) is 2.74. The highest BCUT2D eigenvalue weighted by Crippen LogP contribution is 2.21. The van der Waals surface area contributed by atoms with Crippen LogP contribution < -0.4 is 0 Å². The van der Waals surface area contributed by atoms with Crippen molar-refractivity contribution in [1.82, 2.24) is 9.97 Å². The Bertz CT molecular complexity index is 787. The van der Waals surface area contributed by atoms with Crippen molar-refractivity contribution in [2.45, 2.75) is 0 Å². The van der Waals surface area contributed by atoms with Crippen molar-refractivity contribution in [2.24, 2.45) is 9.98 Å². The molecule has 4 rings (SSSR count). The molecule has 1 aromatic carbocycles. The second-order valence-corrected chi connectivity index (χ2v) is 3.92. The summed E-state index contributed by atoms with van der Waals surface area (Å²) >= 11 is 0. The molecule has 0 atom stereocenters. The summed E-state index contributed by atoms with van der Waals surface area (Å²) in [5, 5.41) is 2.39. The normalized spacial score (nSPS) is 12.9. The molecular weight excluding hydrogens is 240 g/mol. The maximum absolute atomic E-state index is 9.85. The topological polar surface area (TPSA) is 70.5 Å². The van der Waals surface area contributed by atoms with Crippen molar-refractivity contribution >= 4 is 40.3 Å². The van der Waals surface area contributed by atoms with E-state index in [1.54, 1.807) is 0 Å². The molecule has 5 heteroatoms. The Morgan fingerprint density at radius 1 is 1.00 bits per heavy atom. The van der Waals surface area contributed by atoms with Gasteiger partial charge in [-0.15, -0.1) is 0 Å². The van der Waals surface area contributed by atoms with Crippen molar-refractivity contribution < 1.29 is 4.79 Å². The quantitative estimate of drug-likeness (QED) is 0.666. The zero-order valence-corrected chi connectivity index (χ0v) is 9.95. The molecule has 3 heterocycles. The summed E-state index contributed by atoms with van der Waals surface area (Å²) in [6.07, 6.45) is 6.50. The van der Waals surface area contributed by atoms with Crippen LogP contribution in [0.3, 0.4) is 0 Å². The summed E-state index contributed by atoms with van der Waals surface area (Å²) in [7, 11) is 0. The van der Waals surface area contributed by atoms with Gasteiger partial charge in [-0.05, 0) is 24.3 Å². The number of aromatic nitrogens is 2. The van der Waals surface area contributed by atoms with Crippen LogP contribution in [-0.2, 0) is 0 Å². The zero-order chi connectivity index (χ0) is 13.1. The van der Waals surface area contributed by atoms with Crippen LogP contribution in [0.25, 0.3) is 21.8 Å². The standard InChI is InChI=1S/C11H8N2.C3H2N2O/c1-2-9-10(12-6-1)4-3-8-5-7-13-11(8)9;6-3-4-1-2-5-3/h1-7,12H;1-2H. The summed E-state index contributed by atoms with van der Waals surface area (Å²) in [5.74, 6) is 0. The third kappa shape index (κ3) is 2.26. The van der Waals surface area contributed by atoms with E-state index in [1.807, 2.05) is 24.5 Å². The van der Waals surface area contributed by atoms with E-state index in [4.69, 9.17) is 0 Å². The number of aromatic amines is 1. The summed E-state index contributed by atoms with van der Waals surface area (Å²) in [6, 6.07) is 9.87. The predicted molar refractivity (Wildman–Crippen MR) is 76.0 cm³/mol. The van der Waals surface area contributed by atoms with Crippen molar-refractivity contribution in [3.05, 3.63) is 42.7 Å². The van der Waals surface area contributed by atoms with Crippen LogP contribution in [-0.4, -0.2) is 28.4 Å². The lowest BCUT2D eigenvalue weighted by Crippen LogP contribution is -1.77. The maximum atomic E-state index is 9.85. The Morgan fingerprint density at radius 3 is 2.58 bits per heavy atom. The van der Waals surface area contributed by atoms with Gasteiger partial charge in [0.15, 0.2) is 0 Å². The first kappa shape index (κ1) is 11.3. The fraction of sp³-hybridized carbons (Fsp3) is 0. The molecule has 0 fully saturated rings. The van der Waals surface area contributed by atoms with E-state index in [1.165, 1.54) is 23.2 Å². The molecule has 0 saturated carbocycles. The monoisotopic (exact) mass is 250 g/mol. The second-order valence-electron chi connectivity index (χ2n) is 3.92. The van der Waals surface area contributed by atoms with Crippen molar-refractivity contribution in [2.75, 3.05) is 0 Å². The Labute approximate surface area is 108 Å². The van der Waals surface area contributed by atoms with Crippen LogP contribution in [0, 0.1) is 0 Å². The molecule has 1 N–H and O–H groups in total. The number of rotatable bonds is 0. The molecule has 19 heavy (non-hydrogen) atoms. The lowest BCUT2D eigenvalue weighted by molar-refractivity contribution is 0.257. The lowest BCUT2D eigenvalue weighted by Gasteiger charge is -1.97. The largest absolute Gasteiger partial charge is 0.367 e. The number of carbonyl (C=O) groups excluding carboxylic acids is 1. The van der Waals surface area contributed by atoms with Gasteiger partial charge in [-0.3, -0.25) is 4.98 Å². The first-order valence-electron chi connectivity index (χ1n) is 5.76. The molecule has 0 unspecified atom stereocenters. The summed E-state index contributed by atoms with van der Waals surface area (Å²) in [4.78, 5) is 23.9. The van der Waals surface area contributed by atoms with Gasteiger partial charge < -0.3 is 4.98 Å². The number of nitrogens with zero attached hydrogens (tertiary/aromatic N) is 3. The average molecular weight is 250 g/mol. The lowest BCUT2D eigenvalue weighted by atomic mass is 10.1. The van der Waals surface area contributed by atoms with Gasteiger partial charge in [0.05, 0.1) is 17.9 Å². The van der Waals surface area contributed by atoms with Crippen LogP contribution in [0.4, 0.5) is 4.79 Å². The van der Waals surface area contributed by atoms with Crippen molar-refractivity contribution in [3.63, 3.8) is 0 Å². The number of hydrogen-bond acceptors (Lipinski definition) is 2. The molecule has 0 aliphatic carbocycles. The predicted octanol–water partition coefficient (Wildman–Crippen LogP) is 2.98. The van der Waals surface area contributed by atoms with Gasteiger partial charge in [0, 0.05) is 28.7 Å². The average Bonchev–Trinajstić information content (AvgIpc) is 3.10. The Balaban J connectivity index is 0.000000155. The first-order chi connectivity index (χ1) is 9.34. The molecule has 2 amide bonds. The SMILES string of the molecule is O=C1N=CC=N1.c1c[nH]c2ccc3ccnc3c2c1. The molecule has 2 aromatic heterocycles. The Kier molecular flexibility index (Phi) is 2.86. The minimum absolute atomic E-state index is 0.407. The first-order valence-corrected chi connectivity index (χ1v) is 5.76.